The first kappa shape index (κ1) is 17.8. The van der Waals surface area contributed by atoms with Crippen molar-refractivity contribution in [3.05, 3.63) is 47.5 Å². The number of halogens is 1. The summed E-state index contributed by atoms with van der Waals surface area (Å²) in [5, 5.41) is 0. The van der Waals surface area contributed by atoms with Crippen LogP contribution in [0.15, 0.2) is 36.4 Å². The maximum Gasteiger partial charge on any atom is 0.248 e. The highest BCUT2D eigenvalue weighted by Crippen LogP contribution is 2.33. The number of rotatable bonds is 4. The minimum Gasteiger partial charge on any atom is -0.339 e. The molecule has 2 aliphatic rings. The molecule has 1 aromatic rings. The molecule has 0 N–H and O–H groups in total. The van der Waals surface area contributed by atoms with Crippen LogP contribution in [0.25, 0.3) is 11.6 Å². The van der Waals surface area contributed by atoms with Gasteiger partial charge in [-0.3, -0.25) is 9.69 Å². The number of nitrogens with zero attached hydrogens (tertiary/aromatic N) is 2. The quantitative estimate of drug-likeness (QED) is 0.788. The molecule has 1 saturated heterocycles. The standard InChI is InChI=1S/C19H24N2O.ClH/c1-14(2)19(22)20(3)17-8-10-21(11-9-17)13-16-12-15-6-4-5-7-18(15)16;/h4-7,12,17H,1,8-11,13H2,2-3H3;1H. The third kappa shape index (κ3) is 3.67. The van der Waals surface area contributed by atoms with Gasteiger partial charge in [0.1, 0.15) is 0 Å². The Bertz CT molecular complexity index is 630. The van der Waals surface area contributed by atoms with Crippen LogP contribution in [0.5, 0.6) is 0 Å². The molecule has 1 aromatic carbocycles. The van der Waals surface area contributed by atoms with Crippen LogP contribution in [-0.4, -0.2) is 48.4 Å². The van der Waals surface area contributed by atoms with E-state index in [9.17, 15) is 4.79 Å². The molecule has 0 spiro atoms. The Morgan fingerprint density at radius 3 is 2.57 bits per heavy atom. The minimum atomic E-state index is 0. The van der Waals surface area contributed by atoms with E-state index in [4.69, 9.17) is 0 Å². The predicted molar refractivity (Wildman–Crippen MR) is 98.6 cm³/mol. The first-order valence-corrected chi connectivity index (χ1v) is 8.01. The van der Waals surface area contributed by atoms with E-state index >= 15 is 0 Å². The van der Waals surface area contributed by atoms with Gasteiger partial charge in [-0.05, 0) is 42.5 Å². The lowest BCUT2D eigenvalue weighted by Gasteiger charge is -2.38. The van der Waals surface area contributed by atoms with Crippen molar-refractivity contribution in [1.29, 1.82) is 0 Å². The highest BCUT2D eigenvalue weighted by atomic mass is 35.5. The number of likely N-dealkylation sites (N-methyl/N-ethyl adjacent to an activating group) is 1. The SMILES string of the molecule is C=C(C)C(=O)N(C)C1CCN(CC2=Cc3ccccc32)CC1.Cl. The zero-order valence-corrected chi connectivity index (χ0v) is 14.7. The second kappa shape index (κ2) is 7.33. The fourth-order valence-electron chi connectivity index (χ4n) is 3.41. The molecule has 4 heteroatoms. The maximum absolute atomic E-state index is 12.0. The number of amides is 1. The minimum absolute atomic E-state index is 0. The van der Waals surface area contributed by atoms with E-state index in [-0.39, 0.29) is 18.3 Å². The van der Waals surface area contributed by atoms with E-state index in [1.54, 1.807) is 6.92 Å². The summed E-state index contributed by atoms with van der Waals surface area (Å²) in [6, 6.07) is 8.92. The molecular weight excluding hydrogens is 308 g/mol. The Hall–Kier alpha value is -1.58. The molecule has 1 heterocycles. The first-order valence-electron chi connectivity index (χ1n) is 8.01. The number of likely N-dealkylation sites (tertiary alicyclic amines) is 1. The largest absolute Gasteiger partial charge is 0.339 e. The monoisotopic (exact) mass is 332 g/mol. The van der Waals surface area contributed by atoms with Crippen molar-refractivity contribution < 1.29 is 4.79 Å². The highest BCUT2D eigenvalue weighted by Gasteiger charge is 2.27. The Kier molecular flexibility index (Phi) is 5.66. The molecule has 1 aliphatic carbocycles. The number of carbonyl (C=O) groups is 1. The van der Waals surface area contributed by atoms with E-state index in [0.717, 1.165) is 32.5 Å². The first-order chi connectivity index (χ1) is 10.6. The van der Waals surface area contributed by atoms with Gasteiger partial charge >= 0.3 is 0 Å². The third-order valence-corrected chi connectivity index (χ3v) is 4.82. The average molecular weight is 333 g/mol. The fourth-order valence-corrected chi connectivity index (χ4v) is 3.41. The summed E-state index contributed by atoms with van der Waals surface area (Å²) in [7, 11) is 1.90. The average Bonchev–Trinajstić information content (AvgIpc) is 2.51. The Morgan fingerprint density at radius 2 is 1.96 bits per heavy atom. The number of fused-ring (bicyclic) bond motifs is 1. The number of hydrogen-bond donors (Lipinski definition) is 0. The molecule has 0 aromatic heterocycles. The Morgan fingerprint density at radius 1 is 1.30 bits per heavy atom. The molecule has 1 aliphatic heterocycles. The molecule has 0 saturated carbocycles. The van der Waals surface area contributed by atoms with Gasteiger partial charge in [0.05, 0.1) is 0 Å². The van der Waals surface area contributed by atoms with Crippen molar-refractivity contribution in [2.45, 2.75) is 25.8 Å². The molecular formula is C19H25ClN2O. The second-order valence-electron chi connectivity index (χ2n) is 6.46. The van der Waals surface area contributed by atoms with Gasteiger partial charge in [-0.15, -0.1) is 12.4 Å². The van der Waals surface area contributed by atoms with Gasteiger partial charge in [0.15, 0.2) is 0 Å². The normalized spacial score (nSPS) is 17.4. The van der Waals surface area contributed by atoms with Crippen LogP contribution in [0, 0.1) is 0 Å². The van der Waals surface area contributed by atoms with Gasteiger partial charge in [-0.1, -0.05) is 30.8 Å². The van der Waals surface area contributed by atoms with Gasteiger partial charge in [0.2, 0.25) is 5.91 Å². The number of carbonyl (C=O) groups excluding carboxylic acids is 1. The van der Waals surface area contributed by atoms with E-state index in [0.29, 0.717) is 11.6 Å². The van der Waals surface area contributed by atoms with E-state index in [1.807, 2.05) is 11.9 Å². The van der Waals surface area contributed by atoms with Crippen molar-refractivity contribution in [2.75, 3.05) is 26.7 Å². The molecule has 1 amide bonds. The molecule has 0 unspecified atom stereocenters. The molecule has 124 valence electrons. The van der Waals surface area contributed by atoms with Crippen molar-refractivity contribution >= 4 is 30.0 Å². The Balaban J connectivity index is 0.00000192. The van der Waals surface area contributed by atoms with Crippen LogP contribution in [-0.2, 0) is 4.79 Å². The number of benzene rings is 1. The molecule has 0 atom stereocenters. The van der Waals surface area contributed by atoms with Gasteiger partial charge in [-0.25, -0.2) is 0 Å². The zero-order valence-electron chi connectivity index (χ0n) is 13.9. The van der Waals surface area contributed by atoms with Crippen LogP contribution in [0.4, 0.5) is 0 Å². The van der Waals surface area contributed by atoms with Crippen molar-refractivity contribution in [1.82, 2.24) is 9.80 Å². The summed E-state index contributed by atoms with van der Waals surface area (Å²) < 4.78 is 0. The molecule has 1 fully saturated rings. The smallest absolute Gasteiger partial charge is 0.248 e. The van der Waals surface area contributed by atoms with E-state index < -0.39 is 0 Å². The van der Waals surface area contributed by atoms with Gasteiger partial charge in [0, 0.05) is 38.3 Å². The van der Waals surface area contributed by atoms with Gasteiger partial charge < -0.3 is 4.90 Å². The maximum atomic E-state index is 12.0. The lowest BCUT2D eigenvalue weighted by atomic mass is 9.88. The molecule has 0 radical (unpaired) electrons. The number of hydrogen-bond acceptors (Lipinski definition) is 2. The summed E-state index contributed by atoms with van der Waals surface area (Å²) in [4.78, 5) is 16.4. The molecule has 0 bridgehead atoms. The summed E-state index contributed by atoms with van der Waals surface area (Å²) in [6.45, 7) is 8.68. The topological polar surface area (TPSA) is 23.6 Å². The van der Waals surface area contributed by atoms with Crippen LogP contribution >= 0.6 is 12.4 Å². The summed E-state index contributed by atoms with van der Waals surface area (Å²) >= 11 is 0. The van der Waals surface area contributed by atoms with Crippen LogP contribution < -0.4 is 0 Å². The highest BCUT2D eigenvalue weighted by molar-refractivity contribution is 5.96. The molecule has 3 nitrogen and oxygen atoms in total. The fraction of sp³-hybridized carbons (Fsp3) is 0.421. The second-order valence-corrected chi connectivity index (χ2v) is 6.46. The van der Waals surface area contributed by atoms with E-state index in [1.165, 1.54) is 16.7 Å². The van der Waals surface area contributed by atoms with Crippen molar-refractivity contribution in [3.8, 4) is 0 Å². The summed E-state index contributed by atoms with van der Waals surface area (Å²) in [5.41, 5.74) is 4.83. The molecule has 23 heavy (non-hydrogen) atoms. The summed E-state index contributed by atoms with van der Waals surface area (Å²) in [5.74, 6) is 0.0779. The molecule has 3 rings (SSSR count). The summed E-state index contributed by atoms with van der Waals surface area (Å²) in [6.07, 6.45) is 4.38. The van der Waals surface area contributed by atoms with Crippen LogP contribution in [0.3, 0.4) is 0 Å². The third-order valence-electron chi connectivity index (χ3n) is 4.82. The van der Waals surface area contributed by atoms with Crippen molar-refractivity contribution in [3.63, 3.8) is 0 Å². The number of piperidine rings is 1. The predicted octanol–water partition coefficient (Wildman–Crippen LogP) is 3.46. The van der Waals surface area contributed by atoms with Gasteiger partial charge in [0.25, 0.3) is 0 Å². The zero-order chi connectivity index (χ0) is 15.7. The Labute approximate surface area is 145 Å². The van der Waals surface area contributed by atoms with Crippen molar-refractivity contribution in [2.24, 2.45) is 0 Å². The van der Waals surface area contributed by atoms with Crippen LogP contribution in [0.1, 0.15) is 30.9 Å². The van der Waals surface area contributed by atoms with E-state index in [2.05, 4.69) is 41.8 Å². The lowest BCUT2D eigenvalue weighted by Crippen LogP contribution is -2.46. The van der Waals surface area contributed by atoms with Crippen LogP contribution in [0.2, 0.25) is 0 Å². The lowest BCUT2D eigenvalue weighted by molar-refractivity contribution is -0.128. The van der Waals surface area contributed by atoms with Gasteiger partial charge in [-0.2, -0.15) is 0 Å².